The van der Waals surface area contributed by atoms with Crippen LogP contribution in [0.15, 0.2) is 18.5 Å². The third kappa shape index (κ3) is 3.40. The second-order valence-electron chi connectivity index (χ2n) is 10.3. The molecule has 4 aliphatic heterocycles. The zero-order valence-electron chi connectivity index (χ0n) is 18.1. The first-order chi connectivity index (χ1) is 14.8. The van der Waals surface area contributed by atoms with E-state index in [1.807, 2.05) is 13.8 Å². The summed E-state index contributed by atoms with van der Waals surface area (Å²) in [6, 6.07) is 3.52. The van der Waals surface area contributed by atoms with Crippen LogP contribution >= 0.6 is 0 Å². The number of aliphatic hydroxyl groups is 1. The Kier molecular flexibility index (Phi) is 4.17. The molecule has 164 valence electrons. The molecule has 0 radical (unpaired) electrons. The monoisotopic (exact) mass is 422 g/mol. The van der Waals surface area contributed by atoms with E-state index in [9.17, 15) is 5.11 Å². The standard InChI is InChI=1S/C22H30N8O/c1-22(2,31)12-28-10-17-5-16(28)11-29(17)19-6-18(14-7-24-20(23)25-8-14)26-21(27-19)30-9-13-3-15(30)4-13/h6-8,13,15-17,31H,3-5,9-12H2,1-2H3,(H2,23,24,25)/t13?,15?,16-,17-/m0/s1. The van der Waals surface area contributed by atoms with Gasteiger partial charge in [0.25, 0.3) is 0 Å². The fourth-order valence-electron chi connectivity index (χ4n) is 5.81. The molecule has 1 saturated carbocycles. The van der Waals surface area contributed by atoms with Crippen molar-refractivity contribution in [3.05, 3.63) is 18.5 Å². The minimum absolute atomic E-state index is 0.266. The third-order valence-electron chi connectivity index (χ3n) is 7.27. The normalized spacial score (nSPS) is 29.6. The summed E-state index contributed by atoms with van der Waals surface area (Å²) >= 11 is 0. The Bertz CT molecular complexity index is 984. The Balaban J connectivity index is 1.32. The zero-order valence-corrected chi connectivity index (χ0v) is 18.1. The molecule has 7 rings (SSSR count). The molecule has 4 saturated heterocycles. The average molecular weight is 423 g/mol. The van der Waals surface area contributed by atoms with E-state index >= 15 is 0 Å². The SMILES string of the molecule is CC(C)(O)CN1C[C@@H]2C[C@H]1CN2c1cc(-c2cnc(N)nc2)nc(N2CC3CC2C3)n1. The zero-order chi connectivity index (χ0) is 21.3. The Hall–Kier alpha value is -2.52. The van der Waals surface area contributed by atoms with Crippen LogP contribution < -0.4 is 15.5 Å². The first kappa shape index (κ1) is 19.2. The van der Waals surface area contributed by atoms with Gasteiger partial charge in [0.05, 0.1) is 11.3 Å². The van der Waals surface area contributed by atoms with Crippen molar-refractivity contribution in [2.45, 2.75) is 56.8 Å². The van der Waals surface area contributed by atoms with E-state index in [1.54, 1.807) is 12.4 Å². The lowest BCUT2D eigenvalue weighted by Crippen LogP contribution is -2.50. The molecule has 4 bridgehead atoms. The number of rotatable bonds is 5. The maximum atomic E-state index is 10.3. The molecule has 6 heterocycles. The van der Waals surface area contributed by atoms with Crippen molar-refractivity contribution >= 4 is 17.7 Å². The minimum Gasteiger partial charge on any atom is -0.389 e. The third-order valence-corrected chi connectivity index (χ3v) is 7.27. The van der Waals surface area contributed by atoms with Gasteiger partial charge in [0, 0.05) is 68.3 Å². The lowest BCUT2D eigenvalue weighted by atomic mass is 9.86. The molecule has 2 aromatic heterocycles. The van der Waals surface area contributed by atoms with E-state index in [0.717, 1.165) is 55.0 Å². The van der Waals surface area contributed by atoms with Gasteiger partial charge in [0.1, 0.15) is 5.82 Å². The fraction of sp³-hybridized carbons (Fsp3) is 0.636. The Morgan fingerprint density at radius 1 is 1.00 bits per heavy atom. The summed E-state index contributed by atoms with van der Waals surface area (Å²) in [7, 11) is 0. The maximum absolute atomic E-state index is 10.3. The molecule has 31 heavy (non-hydrogen) atoms. The van der Waals surface area contributed by atoms with Crippen LogP contribution in [-0.4, -0.2) is 79.8 Å². The lowest BCUT2D eigenvalue weighted by Gasteiger charge is -2.37. The number of nitrogens with zero attached hydrogens (tertiary/aromatic N) is 7. The van der Waals surface area contributed by atoms with Gasteiger partial charge in [-0.05, 0) is 39.0 Å². The second kappa shape index (κ2) is 6.74. The predicted molar refractivity (Wildman–Crippen MR) is 119 cm³/mol. The van der Waals surface area contributed by atoms with Gasteiger partial charge >= 0.3 is 0 Å². The lowest BCUT2D eigenvalue weighted by molar-refractivity contribution is 0.0299. The molecule has 9 heteroatoms. The molecule has 5 aliphatic rings. The quantitative estimate of drug-likeness (QED) is 0.733. The molecule has 2 atom stereocenters. The molecular weight excluding hydrogens is 392 g/mol. The fourth-order valence-corrected chi connectivity index (χ4v) is 5.81. The highest BCUT2D eigenvalue weighted by Gasteiger charge is 2.46. The minimum atomic E-state index is -0.670. The average Bonchev–Trinajstić information content (AvgIpc) is 3.46. The van der Waals surface area contributed by atoms with Gasteiger partial charge in [0.15, 0.2) is 0 Å². The van der Waals surface area contributed by atoms with Crippen LogP contribution in [0.4, 0.5) is 17.7 Å². The molecule has 3 N–H and O–H groups in total. The first-order valence-corrected chi connectivity index (χ1v) is 11.3. The second-order valence-corrected chi connectivity index (χ2v) is 10.3. The van der Waals surface area contributed by atoms with Crippen molar-refractivity contribution in [3.8, 4) is 11.3 Å². The van der Waals surface area contributed by atoms with Crippen molar-refractivity contribution < 1.29 is 5.11 Å². The molecule has 0 amide bonds. The highest BCUT2D eigenvalue weighted by atomic mass is 16.3. The number of anilines is 3. The Morgan fingerprint density at radius 2 is 1.77 bits per heavy atom. The van der Waals surface area contributed by atoms with E-state index in [0.29, 0.717) is 24.7 Å². The van der Waals surface area contributed by atoms with E-state index < -0.39 is 5.60 Å². The molecule has 5 fully saturated rings. The summed E-state index contributed by atoms with van der Waals surface area (Å²) < 4.78 is 0. The van der Waals surface area contributed by atoms with Gasteiger partial charge in [-0.1, -0.05) is 0 Å². The van der Waals surface area contributed by atoms with Crippen molar-refractivity contribution in [2.24, 2.45) is 5.92 Å². The van der Waals surface area contributed by atoms with Crippen LogP contribution in [0.25, 0.3) is 11.3 Å². The van der Waals surface area contributed by atoms with Gasteiger partial charge in [-0.15, -0.1) is 0 Å². The van der Waals surface area contributed by atoms with Crippen LogP contribution in [0.5, 0.6) is 0 Å². The molecule has 2 aromatic rings. The molecule has 1 aliphatic carbocycles. The van der Waals surface area contributed by atoms with Crippen LogP contribution in [0, 0.1) is 5.92 Å². The number of nitrogens with two attached hydrogens (primary N) is 1. The number of hydrogen-bond donors (Lipinski definition) is 2. The van der Waals surface area contributed by atoms with Gasteiger partial charge in [-0.2, -0.15) is 4.98 Å². The van der Waals surface area contributed by atoms with E-state index in [-0.39, 0.29) is 5.95 Å². The van der Waals surface area contributed by atoms with Crippen LogP contribution in [0.1, 0.15) is 33.1 Å². The van der Waals surface area contributed by atoms with Gasteiger partial charge in [-0.3, -0.25) is 4.90 Å². The maximum Gasteiger partial charge on any atom is 0.228 e. The molecule has 0 spiro atoms. The number of hydrogen-bond acceptors (Lipinski definition) is 9. The van der Waals surface area contributed by atoms with Crippen molar-refractivity contribution in [1.29, 1.82) is 0 Å². The van der Waals surface area contributed by atoms with Gasteiger partial charge in [-0.25, -0.2) is 15.0 Å². The topological polar surface area (TPSA) is 108 Å². The number of β-amino-alcohol motifs (C(OH)–C–C–N with tert-alkyl or cyclic N) is 1. The van der Waals surface area contributed by atoms with E-state index in [4.69, 9.17) is 15.7 Å². The van der Waals surface area contributed by atoms with Crippen molar-refractivity contribution in [1.82, 2.24) is 24.8 Å². The molecule has 0 unspecified atom stereocenters. The van der Waals surface area contributed by atoms with E-state index in [1.165, 1.54) is 12.8 Å². The van der Waals surface area contributed by atoms with Crippen molar-refractivity contribution in [2.75, 3.05) is 41.7 Å². The molecule has 9 nitrogen and oxygen atoms in total. The number of aromatic nitrogens is 4. The van der Waals surface area contributed by atoms with Crippen molar-refractivity contribution in [3.63, 3.8) is 0 Å². The number of likely N-dealkylation sites (tertiary alicyclic amines) is 1. The van der Waals surface area contributed by atoms with Crippen LogP contribution in [0.2, 0.25) is 0 Å². The largest absolute Gasteiger partial charge is 0.389 e. The van der Waals surface area contributed by atoms with Crippen LogP contribution in [0.3, 0.4) is 0 Å². The summed E-state index contributed by atoms with van der Waals surface area (Å²) in [4.78, 5) is 25.5. The predicted octanol–water partition coefficient (Wildman–Crippen LogP) is 1.15. The Morgan fingerprint density at radius 3 is 2.39 bits per heavy atom. The smallest absolute Gasteiger partial charge is 0.228 e. The number of piperazine rings is 1. The number of nitrogen functional groups attached to an aromatic ring is 1. The first-order valence-electron chi connectivity index (χ1n) is 11.3. The highest BCUT2D eigenvalue weighted by Crippen LogP contribution is 2.43. The summed E-state index contributed by atoms with van der Waals surface area (Å²) in [6.07, 6.45) is 7.11. The summed E-state index contributed by atoms with van der Waals surface area (Å²) in [5.41, 5.74) is 6.73. The highest BCUT2D eigenvalue weighted by molar-refractivity contribution is 5.65. The van der Waals surface area contributed by atoms with E-state index in [2.05, 4.69) is 30.7 Å². The van der Waals surface area contributed by atoms with Crippen LogP contribution in [-0.2, 0) is 0 Å². The van der Waals surface area contributed by atoms with Gasteiger partial charge in [0.2, 0.25) is 11.9 Å². The molecule has 0 aromatic carbocycles. The van der Waals surface area contributed by atoms with Gasteiger partial charge < -0.3 is 20.6 Å². The summed E-state index contributed by atoms with van der Waals surface area (Å²) in [6.45, 7) is 7.42. The Labute approximate surface area is 182 Å². The summed E-state index contributed by atoms with van der Waals surface area (Å²) in [5, 5.41) is 10.3. The summed E-state index contributed by atoms with van der Waals surface area (Å²) in [5.74, 6) is 2.86. The number of fused-ring (bicyclic) bond motifs is 3. The molecular formula is C22H30N8O.